The summed E-state index contributed by atoms with van der Waals surface area (Å²) in [6.45, 7) is 0. The Morgan fingerprint density at radius 1 is 1.33 bits per heavy atom. The van der Waals surface area contributed by atoms with Crippen LogP contribution in [0.25, 0.3) is 11.0 Å². The molecular weight excluding hydrogens is 232 g/mol. The zero-order chi connectivity index (χ0) is 12.9. The number of imidazole rings is 1. The van der Waals surface area contributed by atoms with Crippen LogP contribution in [0, 0.1) is 0 Å². The van der Waals surface area contributed by atoms with Gasteiger partial charge in [-0.3, -0.25) is 9.80 Å². The maximum Gasteiger partial charge on any atom is 0.323 e. The fraction of sp³-hybridized carbons (Fsp3) is 0.333. The van der Waals surface area contributed by atoms with E-state index >= 15 is 0 Å². The second-order valence-electron chi connectivity index (χ2n) is 4.84. The molecule has 1 aliphatic carbocycles. The Morgan fingerprint density at radius 3 is 2.61 bits per heavy atom. The first kappa shape index (κ1) is 11.0. The largest absolute Gasteiger partial charge is 0.323 e. The predicted octanol–water partition coefficient (Wildman–Crippen LogP) is 0.220. The molecule has 1 aromatic carbocycles. The van der Waals surface area contributed by atoms with Crippen molar-refractivity contribution in [3.05, 3.63) is 34.2 Å². The molecule has 0 unspecified atom stereocenters. The van der Waals surface area contributed by atoms with Crippen LogP contribution in [-0.4, -0.2) is 27.9 Å². The van der Waals surface area contributed by atoms with Gasteiger partial charge in [0.15, 0.2) is 0 Å². The number of likely N-dealkylation sites (N-methyl/N-ethyl adjacent to an activating group) is 1. The van der Waals surface area contributed by atoms with E-state index in [9.17, 15) is 9.59 Å². The fourth-order valence-electron chi connectivity index (χ4n) is 2.42. The van der Waals surface area contributed by atoms with E-state index in [1.807, 2.05) is 18.2 Å². The highest BCUT2D eigenvalue weighted by molar-refractivity contribution is 5.92. The van der Waals surface area contributed by atoms with Crippen molar-refractivity contribution >= 4 is 16.9 Å². The van der Waals surface area contributed by atoms with Crippen molar-refractivity contribution in [3.63, 3.8) is 0 Å². The molecule has 0 radical (unpaired) electrons. The standard InChI is InChI=1S/C12H14N4O2/c1-16(13)10(17)12(4-5-12)7-2-3-8-9(6-7)15-11(18)14-8/h2-3,6H,4-5,13H2,1H3,(H2,14,15,18). The van der Waals surface area contributed by atoms with Gasteiger partial charge >= 0.3 is 5.69 Å². The second kappa shape index (κ2) is 3.46. The molecule has 1 fully saturated rings. The van der Waals surface area contributed by atoms with E-state index in [-0.39, 0.29) is 11.6 Å². The highest BCUT2D eigenvalue weighted by Gasteiger charge is 2.52. The van der Waals surface area contributed by atoms with Crippen LogP contribution in [0.4, 0.5) is 0 Å². The van der Waals surface area contributed by atoms with E-state index in [4.69, 9.17) is 5.84 Å². The van der Waals surface area contributed by atoms with Gasteiger partial charge in [0.2, 0.25) is 5.91 Å². The Morgan fingerprint density at radius 2 is 2.00 bits per heavy atom. The number of H-pyrrole nitrogens is 2. The second-order valence-corrected chi connectivity index (χ2v) is 4.84. The van der Waals surface area contributed by atoms with Gasteiger partial charge in [-0.2, -0.15) is 0 Å². The Balaban J connectivity index is 2.09. The number of hydrogen-bond donors (Lipinski definition) is 3. The normalized spacial score (nSPS) is 16.8. The number of nitrogens with zero attached hydrogens (tertiary/aromatic N) is 1. The van der Waals surface area contributed by atoms with E-state index < -0.39 is 5.41 Å². The van der Waals surface area contributed by atoms with Gasteiger partial charge < -0.3 is 9.97 Å². The average molecular weight is 246 g/mol. The van der Waals surface area contributed by atoms with E-state index in [0.717, 1.165) is 34.4 Å². The van der Waals surface area contributed by atoms with Crippen molar-refractivity contribution in [1.29, 1.82) is 0 Å². The van der Waals surface area contributed by atoms with Crippen molar-refractivity contribution in [2.75, 3.05) is 7.05 Å². The highest BCUT2D eigenvalue weighted by atomic mass is 16.2. The topological polar surface area (TPSA) is 95.0 Å². The molecule has 6 heteroatoms. The number of nitrogens with one attached hydrogen (secondary N) is 2. The van der Waals surface area contributed by atoms with Crippen LogP contribution in [0.1, 0.15) is 18.4 Å². The number of fused-ring (bicyclic) bond motifs is 1. The molecule has 1 aromatic heterocycles. The Kier molecular flexibility index (Phi) is 2.12. The zero-order valence-electron chi connectivity index (χ0n) is 9.99. The Labute approximate surface area is 103 Å². The minimum Gasteiger partial charge on any atom is -0.306 e. The first-order valence-electron chi connectivity index (χ1n) is 5.78. The molecule has 0 bridgehead atoms. The van der Waals surface area contributed by atoms with Crippen molar-refractivity contribution in [2.45, 2.75) is 18.3 Å². The van der Waals surface area contributed by atoms with Gasteiger partial charge in [-0.05, 0) is 30.5 Å². The number of hydrazine groups is 1. The lowest BCUT2D eigenvalue weighted by atomic mass is 9.94. The third kappa shape index (κ3) is 1.46. The lowest BCUT2D eigenvalue weighted by Gasteiger charge is -2.19. The summed E-state index contributed by atoms with van der Waals surface area (Å²) in [5.41, 5.74) is 1.64. The number of nitrogens with two attached hydrogens (primary N) is 1. The molecule has 0 atom stereocenters. The van der Waals surface area contributed by atoms with Gasteiger partial charge in [-0.25, -0.2) is 10.6 Å². The van der Waals surface area contributed by atoms with E-state index in [1.54, 1.807) is 7.05 Å². The molecule has 1 aliphatic rings. The number of rotatable bonds is 2. The van der Waals surface area contributed by atoms with Crippen LogP contribution in [-0.2, 0) is 10.2 Å². The van der Waals surface area contributed by atoms with E-state index in [1.165, 1.54) is 0 Å². The first-order chi connectivity index (χ1) is 8.53. The van der Waals surface area contributed by atoms with Gasteiger partial charge in [0.1, 0.15) is 0 Å². The fourth-order valence-corrected chi connectivity index (χ4v) is 2.42. The summed E-state index contributed by atoms with van der Waals surface area (Å²) in [6, 6.07) is 5.54. The summed E-state index contributed by atoms with van der Waals surface area (Å²) in [5, 5.41) is 1.14. The summed E-state index contributed by atoms with van der Waals surface area (Å²) in [7, 11) is 1.55. The number of aromatic amines is 2. The molecule has 3 rings (SSSR count). The van der Waals surface area contributed by atoms with Gasteiger partial charge in [0.05, 0.1) is 16.4 Å². The number of carbonyl (C=O) groups is 1. The minimum atomic E-state index is -0.494. The van der Waals surface area contributed by atoms with Gasteiger partial charge in [-0.15, -0.1) is 0 Å². The quantitative estimate of drug-likeness (QED) is 0.402. The molecule has 0 aliphatic heterocycles. The van der Waals surface area contributed by atoms with Crippen molar-refractivity contribution in [1.82, 2.24) is 15.0 Å². The van der Waals surface area contributed by atoms with Gasteiger partial charge in [0, 0.05) is 7.05 Å². The van der Waals surface area contributed by atoms with Crippen LogP contribution in [0.2, 0.25) is 0 Å². The SMILES string of the molecule is CN(N)C(=O)C1(c2ccc3[nH]c(=O)[nH]c3c2)CC1. The van der Waals surface area contributed by atoms with E-state index in [0.29, 0.717) is 0 Å². The maximum atomic E-state index is 12.1. The Bertz CT molecular complexity index is 679. The summed E-state index contributed by atoms with van der Waals surface area (Å²) in [5.74, 6) is 5.45. The summed E-state index contributed by atoms with van der Waals surface area (Å²) in [4.78, 5) is 28.7. The van der Waals surface area contributed by atoms with Crippen LogP contribution >= 0.6 is 0 Å². The molecule has 2 aromatic rings. The number of benzene rings is 1. The molecule has 18 heavy (non-hydrogen) atoms. The van der Waals surface area contributed by atoms with Gasteiger partial charge in [0.25, 0.3) is 0 Å². The smallest absolute Gasteiger partial charge is 0.306 e. The van der Waals surface area contributed by atoms with Crippen molar-refractivity contribution < 1.29 is 4.79 Å². The number of hydrogen-bond acceptors (Lipinski definition) is 3. The van der Waals surface area contributed by atoms with Crippen molar-refractivity contribution in [2.24, 2.45) is 5.84 Å². The van der Waals surface area contributed by atoms with Crippen LogP contribution < -0.4 is 11.5 Å². The van der Waals surface area contributed by atoms with Crippen LogP contribution in [0.3, 0.4) is 0 Å². The number of carbonyl (C=O) groups excluding carboxylic acids is 1. The molecule has 1 heterocycles. The van der Waals surface area contributed by atoms with Crippen LogP contribution in [0.15, 0.2) is 23.0 Å². The molecule has 0 spiro atoms. The minimum absolute atomic E-state index is 0.0836. The summed E-state index contributed by atoms with van der Waals surface area (Å²) >= 11 is 0. The van der Waals surface area contributed by atoms with E-state index in [2.05, 4.69) is 9.97 Å². The molecule has 94 valence electrons. The molecule has 1 amide bonds. The third-order valence-electron chi connectivity index (χ3n) is 3.55. The molecule has 1 saturated carbocycles. The molecule has 0 saturated heterocycles. The molecular formula is C12H14N4O2. The third-order valence-corrected chi connectivity index (χ3v) is 3.55. The zero-order valence-corrected chi connectivity index (χ0v) is 9.99. The molecule has 4 N–H and O–H groups in total. The maximum absolute atomic E-state index is 12.1. The predicted molar refractivity (Wildman–Crippen MR) is 66.8 cm³/mol. The average Bonchev–Trinajstić information content (AvgIpc) is 3.04. The monoisotopic (exact) mass is 246 g/mol. The van der Waals surface area contributed by atoms with Gasteiger partial charge in [-0.1, -0.05) is 6.07 Å². The Hall–Kier alpha value is -2.08. The summed E-state index contributed by atoms with van der Waals surface area (Å²) < 4.78 is 0. The number of amides is 1. The lowest BCUT2D eigenvalue weighted by molar-refractivity contribution is -0.132. The number of aromatic nitrogens is 2. The lowest BCUT2D eigenvalue weighted by Crippen LogP contribution is -2.41. The first-order valence-corrected chi connectivity index (χ1v) is 5.78. The van der Waals surface area contributed by atoms with Crippen LogP contribution in [0.5, 0.6) is 0 Å². The van der Waals surface area contributed by atoms with Crippen molar-refractivity contribution in [3.8, 4) is 0 Å². The summed E-state index contributed by atoms with van der Waals surface area (Å²) in [6.07, 6.45) is 1.60. The highest BCUT2D eigenvalue weighted by Crippen LogP contribution is 2.49. The molecule has 6 nitrogen and oxygen atoms in total.